The molecule has 0 spiro atoms. The summed E-state index contributed by atoms with van der Waals surface area (Å²) in [6, 6.07) is 12.0. The average Bonchev–Trinajstić information content (AvgIpc) is 2.82. The molecule has 0 aliphatic rings. The van der Waals surface area contributed by atoms with E-state index < -0.39 is 6.04 Å². The van der Waals surface area contributed by atoms with E-state index in [9.17, 15) is 4.39 Å². The van der Waals surface area contributed by atoms with Gasteiger partial charge in [-0.25, -0.2) is 4.39 Å². The van der Waals surface area contributed by atoms with Crippen molar-refractivity contribution in [1.29, 1.82) is 0 Å². The first kappa shape index (κ1) is 13.3. The molecule has 3 rings (SSSR count). The van der Waals surface area contributed by atoms with Crippen molar-refractivity contribution in [3.05, 3.63) is 69.6 Å². The zero-order valence-corrected chi connectivity index (χ0v) is 12.4. The zero-order valence-electron chi connectivity index (χ0n) is 10.9. The maximum atomic E-state index is 13.5. The number of benzene rings is 2. The Kier molecular flexibility index (Phi) is 3.36. The van der Waals surface area contributed by atoms with Gasteiger partial charge >= 0.3 is 0 Å². The molecule has 0 bridgehead atoms. The van der Waals surface area contributed by atoms with Gasteiger partial charge in [0.15, 0.2) is 0 Å². The van der Waals surface area contributed by atoms with Crippen molar-refractivity contribution in [3.8, 4) is 0 Å². The van der Waals surface area contributed by atoms with Crippen molar-refractivity contribution in [1.82, 2.24) is 0 Å². The predicted molar refractivity (Wildman–Crippen MR) is 81.1 cm³/mol. The third-order valence-corrected chi connectivity index (χ3v) is 3.77. The molecule has 2 nitrogen and oxygen atoms in total. The number of para-hydroxylation sites is 1. The summed E-state index contributed by atoms with van der Waals surface area (Å²) >= 11 is 3.27. The van der Waals surface area contributed by atoms with Crippen LogP contribution < -0.4 is 5.73 Å². The first-order valence-electron chi connectivity index (χ1n) is 6.25. The van der Waals surface area contributed by atoms with Gasteiger partial charge < -0.3 is 10.2 Å². The SMILES string of the molecule is Cc1cccc2cc(C(N)c3cc(F)cc(Br)c3)oc12. The number of rotatable bonds is 2. The van der Waals surface area contributed by atoms with E-state index in [0.717, 1.165) is 16.5 Å². The second kappa shape index (κ2) is 5.04. The Morgan fingerprint density at radius 2 is 2.00 bits per heavy atom. The lowest BCUT2D eigenvalue weighted by Gasteiger charge is -2.09. The molecule has 2 N–H and O–H groups in total. The molecular formula is C16H13BrFNO. The number of halogens is 2. The molecule has 1 unspecified atom stereocenters. The molecule has 1 heterocycles. The highest BCUT2D eigenvalue weighted by molar-refractivity contribution is 9.10. The smallest absolute Gasteiger partial charge is 0.137 e. The number of nitrogens with two attached hydrogens (primary N) is 1. The number of hydrogen-bond acceptors (Lipinski definition) is 2. The van der Waals surface area contributed by atoms with Gasteiger partial charge in [-0.2, -0.15) is 0 Å². The summed E-state index contributed by atoms with van der Waals surface area (Å²) in [5, 5.41) is 1.01. The van der Waals surface area contributed by atoms with Gasteiger partial charge in [0.25, 0.3) is 0 Å². The van der Waals surface area contributed by atoms with Crippen LogP contribution in [0.5, 0.6) is 0 Å². The van der Waals surface area contributed by atoms with Crippen LogP contribution in [-0.4, -0.2) is 0 Å². The second-order valence-electron chi connectivity index (χ2n) is 4.82. The Morgan fingerprint density at radius 3 is 2.70 bits per heavy atom. The summed E-state index contributed by atoms with van der Waals surface area (Å²) in [5.41, 5.74) is 8.75. The molecular weight excluding hydrogens is 321 g/mol. The Balaban J connectivity index is 2.07. The third-order valence-electron chi connectivity index (χ3n) is 3.31. The molecule has 20 heavy (non-hydrogen) atoms. The molecule has 0 saturated carbocycles. The molecule has 0 amide bonds. The highest BCUT2D eigenvalue weighted by Gasteiger charge is 2.16. The molecule has 1 aromatic heterocycles. The number of fused-ring (bicyclic) bond motifs is 1. The largest absolute Gasteiger partial charge is 0.459 e. The van der Waals surface area contributed by atoms with Crippen LogP contribution in [-0.2, 0) is 0 Å². The second-order valence-corrected chi connectivity index (χ2v) is 5.74. The molecule has 1 atom stereocenters. The van der Waals surface area contributed by atoms with Gasteiger partial charge in [0.2, 0.25) is 0 Å². The lowest BCUT2D eigenvalue weighted by Crippen LogP contribution is -2.11. The van der Waals surface area contributed by atoms with E-state index in [1.807, 2.05) is 31.2 Å². The quantitative estimate of drug-likeness (QED) is 0.738. The van der Waals surface area contributed by atoms with Crippen LogP contribution in [0.4, 0.5) is 4.39 Å². The van der Waals surface area contributed by atoms with Crippen molar-refractivity contribution in [3.63, 3.8) is 0 Å². The Bertz CT molecular complexity index is 761. The maximum Gasteiger partial charge on any atom is 0.137 e. The van der Waals surface area contributed by atoms with Gasteiger partial charge in [0.1, 0.15) is 17.2 Å². The molecule has 0 saturated heterocycles. The van der Waals surface area contributed by atoms with E-state index >= 15 is 0 Å². The molecule has 0 fully saturated rings. The van der Waals surface area contributed by atoms with Crippen LogP contribution in [0.3, 0.4) is 0 Å². The van der Waals surface area contributed by atoms with Crippen LogP contribution >= 0.6 is 15.9 Å². The minimum absolute atomic E-state index is 0.322. The van der Waals surface area contributed by atoms with Crippen molar-refractivity contribution >= 4 is 26.9 Å². The van der Waals surface area contributed by atoms with Crippen molar-refractivity contribution < 1.29 is 8.81 Å². The van der Waals surface area contributed by atoms with Crippen molar-refractivity contribution in [2.24, 2.45) is 5.73 Å². The molecule has 0 aliphatic heterocycles. The standard InChI is InChI=1S/C16H13BrFNO/c1-9-3-2-4-10-7-14(20-16(9)10)15(19)11-5-12(17)8-13(18)6-11/h2-8,15H,19H2,1H3. The fraction of sp³-hybridized carbons (Fsp3) is 0.125. The van der Waals surface area contributed by atoms with E-state index in [4.69, 9.17) is 10.2 Å². The average molecular weight is 334 g/mol. The summed E-state index contributed by atoms with van der Waals surface area (Å²) < 4.78 is 20.0. The Labute approximate surface area is 124 Å². The molecule has 0 aliphatic carbocycles. The van der Waals surface area contributed by atoms with Gasteiger partial charge in [0.05, 0.1) is 6.04 Å². The summed E-state index contributed by atoms with van der Waals surface area (Å²) in [7, 11) is 0. The fourth-order valence-electron chi connectivity index (χ4n) is 2.30. The van der Waals surface area contributed by atoms with E-state index in [1.165, 1.54) is 12.1 Å². The Hall–Kier alpha value is -1.65. The van der Waals surface area contributed by atoms with Crippen LogP contribution in [0.25, 0.3) is 11.0 Å². The minimum Gasteiger partial charge on any atom is -0.459 e. The molecule has 102 valence electrons. The summed E-state index contributed by atoms with van der Waals surface area (Å²) in [6.45, 7) is 1.99. The van der Waals surface area contributed by atoms with Crippen LogP contribution in [0.1, 0.15) is 22.9 Å². The van der Waals surface area contributed by atoms with Crippen molar-refractivity contribution in [2.75, 3.05) is 0 Å². The molecule has 3 aromatic rings. The van der Waals surface area contributed by atoms with Gasteiger partial charge in [-0.1, -0.05) is 34.1 Å². The minimum atomic E-state index is -0.492. The molecule has 2 aromatic carbocycles. The third kappa shape index (κ3) is 2.37. The lowest BCUT2D eigenvalue weighted by molar-refractivity contribution is 0.521. The number of aryl methyl sites for hydroxylation is 1. The van der Waals surface area contributed by atoms with Crippen LogP contribution in [0, 0.1) is 12.7 Å². The lowest BCUT2D eigenvalue weighted by atomic mass is 10.1. The van der Waals surface area contributed by atoms with Gasteiger partial charge in [-0.05, 0) is 42.3 Å². The fourth-order valence-corrected chi connectivity index (χ4v) is 2.78. The topological polar surface area (TPSA) is 39.2 Å². The first-order valence-corrected chi connectivity index (χ1v) is 7.04. The summed E-state index contributed by atoms with van der Waals surface area (Å²) in [6.07, 6.45) is 0. The van der Waals surface area contributed by atoms with Gasteiger partial charge in [-0.3, -0.25) is 0 Å². The zero-order chi connectivity index (χ0) is 14.3. The van der Waals surface area contributed by atoms with Gasteiger partial charge in [-0.15, -0.1) is 0 Å². The summed E-state index contributed by atoms with van der Waals surface area (Å²) in [5.74, 6) is 0.309. The maximum absolute atomic E-state index is 13.5. The van der Waals surface area contributed by atoms with E-state index in [-0.39, 0.29) is 5.82 Å². The van der Waals surface area contributed by atoms with Gasteiger partial charge in [0, 0.05) is 9.86 Å². The van der Waals surface area contributed by atoms with E-state index in [0.29, 0.717) is 15.8 Å². The summed E-state index contributed by atoms with van der Waals surface area (Å²) in [4.78, 5) is 0. The van der Waals surface area contributed by atoms with E-state index in [2.05, 4.69) is 15.9 Å². The van der Waals surface area contributed by atoms with E-state index in [1.54, 1.807) is 6.07 Å². The molecule has 0 radical (unpaired) electrons. The predicted octanol–water partition coefficient (Wildman–Crippen LogP) is 4.69. The molecule has 4 heteroatoms. The van der Waals surface area contributed by atoms with Crippen LogP contribution in [0.2, 0.25) is 0 Å². The number of hydrogen-bond donors (Lipinski definition) is 1. The number of furan rings is 1. The highest BCUT2D eigenvalue weighted by atomic mass is 79.9. The monoisotopic (exact) mass is 333 g/mol. The normalized spacial score (nSPS) is 12.8. The highest BCUT2D eigenvalue weighted by Crippen LogP contribution is 2.29. The van der Waals surface area contributed by atoms with Crippen molar-refractivity contribution in [2.45, 2.75) is 13.0 Å². The first-order chi connectivity index (χ1) is 9.54. The Morgan fingerprint density at radius 1 is 1.20 bits per heavy atom. The van der Waals surface area contributed by atoms with Crippen LogP contribution in [0.15, 0.2) is 51.4 Å².